The molecule has 0 aromatic heterocycles. The van der Waals surface area contributed by atoms with Gasteiger partial charge in [0.2, 0.25) is 0 Å². The van der Waals surface area contributed by atoms with Gasteiger partial charge in [-0.3, -0.25) is 10.1 Å². The number of carbonyl (C=O) groups excluding carboxylic acids is 1. The molecule has 0 amide bonds. The van der Waals surface area contributed by atoms with Crippen molar-refractivity contribution < 1.29 is 14.3 Å². The zero-order valence-electron chi connectivity index (χ0n) is 8.99. The molecule has 0 radical (unpaired) electrons. The van der Waals surface area contributed by atoms with Crippen LogP contribution in [0.2, 0.25) is 0 Å². The number of carbonyl (C=O) groups is 1. The van der Waals surface area contributed by atoms with Crippen molar-refractivity contribution in [2.24, 2.45) is 0 Å². The number of hydrogen-bond acceptors (Lipinski definition) is 4. The fourth-order valence-corrected chi connectivity index (χ4v) is 1.63. The molecule has 0 aliphatic carbocycles. The van der Waals surface area contributed by atoms with Crippen molar-refractivity contribution in [2.75, 3.05) is 19.8 Å². The Bertz CT molecular complexity index is 241. The van der Waals surface area contributed by atoms with Crippen LogP contribution in [-0.2, 0) is 14.3 Å². The van der Waals surface area contributed by atoms with E-state index < -0.39 is 6.04 Å². The van der Waals surface area contributed by atoms with E-state index in [0.29, 0.717) is 19.8 Å². The van der Waals surface area contributed by atoms with E-state index in [1.807, 2.05) is 0 Å². The molecule has 1 aliphatic heterocycles. The molecule has 1 saturated heterocycles. The van der Waals surface area contributed by atoms with Gasteiger partial charge in [-0.2, -0.15) is 0 Å². The van der Waals surface area contributed by atoms with Gasteiger partial charge in [0.05, 0.1) is 19.3 Å². The maximum Gasteiger partial charge on any atom is 0.325 e. The maximum atomic E-state index is 11.6. The molecular weight excluding hydrogens is 194 g/mol. The topological polar surface area (TPSA) is 47.6 Å². The van der Waals surface area contributed by atoms with Gasteiger partial charge in [-0.1, -0.05) is 5.92 Å². The van der Waals surface area contributed by atoms with Gasteiger partial charge in [0.1, 0.15) is 6.04 Å². The molecular formula is C11H17NO3. The molecule has 0 saturated carbocycles. The van der Waals surface area contributed by atoms with Gasteiger partial charge in [0.25, 0.3) is 0 Å². The number of hydrogen-bond donors (Lipinski definition) is 1. The minimum Gasteiger partial charge on any atom is -0.465 e. The van der Waals surface area contributed by atoms with Crippen LogP contribution in [0.15, 0.2) is 0 Å². The standard InChI is InChI=1S/C11H17NO3/c1-3-7-12-10(11(13)14-4-2)9-6-5-8-15-9/h1,9-10,12H,4-8H2,2H3. The van der Waals surface area contributed by atoms with E-state index in [9.17, 15) is 4.79 Å². The Kier molecular flexibility index (Phi) is 5.16. The summed E-state index contributed by atoms with van der Waals surface area (Å²) < 4.78 is 10.4. The summed E-state index contributed by atoms with van der Waals surface area (Å²) >= 11 is 0. The summed E-state index contributed by atoms with van der Waals surface area (Å²) in [6.45, 7) is 3.22. The van der Waals surface area contributed by atoms with Crippen molar-refractivity contribution in [3.63, 3.8) is 0 Å². The van der Waals surface area contributed by atoms with Crippen molar-refractivity contribution in [2.45, 2.75) is 31.9 Å². The van der Waals surface area contributed by atoms with Gasteiger partial charge >= 0.3 is 5.97 Å². The van der Waals surface area contributed by atoms with Gasteiger partial charge in [-0.05, 0) is 19.8 Å². The Morgan fingerprint density at radius 3 is 3.13 bits per heavy atom. The average molecular weight is 211 g/mol. The molecule has 4 nitrogen and oxygen atoms in total. The monoisotopic (exact) mass is 211 g/mol. The van der Waals surface area contributed by atoms with Crippen molar-refractivity contribution in [1.29, 1.82) is 0 Å². The van der Waals surface area contributed by atoms with Crippen LogP contribution in [0.1, 0.15) is 19.8 Å². The zero-order valence-corrected chi connectivity index (χ0v) is 8.99. The first-order chi connectivity index (χ1) is 7.29. The number of terminal acetylenes is 1. The van der Waals surface area contributed by atoms with Gasteiger partial charge in [-0.15, -0.1) is 6.42 Å². The highest BCUT2D eigenvalue weighted by Gasteiger charge is 2.32. The quantitative estimate of drug-likeness (QED) is 0.525. The summed E-state index contributed by atoms with van der Waals surface area (Å²) in [5.74, 6) is 2.17. The predicted molar refractivity (Wildman–Crippen MR) is 56.2 cm³/mol. The van der Waals surface area contributed by atoms with E-state index in [1.54, 1.807) is 6.92 Å². The van der Waals surface area contributed by atoms with Crippen molar-refractivity contribution in [3.8, 4) is 12.3 Å². The molecule has 84 valence electrons. The SMILES string of the molecule is C#CCNC(C(=O)OCC)C1CCCO1. The van der Waals surface area contributed by atoms with E-state index in [0.717, 1.165) is 12.8 Å². The van der Waals surface area contributed by atoms with E-state index in [1.165, 1.54) is 0 Å². The van der Waals surface area contributed by atoms with Crippen molar-refractivity contribution in [1.82, 2.24) is 5.32 Å². The lowest BCUT2D eigenvalue weighted by Crippen LogP contribution is -2.47. The maximum absolute atomic E-state index is 11.6. The third-order valence-electron chi connectivity index (χ3n) is 2.30. The molecule has 2 atom stereocenters. The van der Waals surface area contributed by atoms with Crippen LogP contribution >= 0.6 is 0 Å². The minimum absolute atomic E-state index is 0.0996. The number of rotatable bonds is 5. The lowest BCUT2D eigenvalue weighted by atomic mass is 10.1. The molecule has 0 bridgehead atoms. The third-order valence-corrected chi connectivity index (χ3v) is 2.30. The second-order valence-corrected chi connectivity index (χ2v) is 3.37. The summed E-state index contributed by atoms with van der Waals surface area (Å²) in [6, 6.07) is -0.427. The molecule has 1 N–H and O–H groups in total. The second kappa shape index (κ2) is 6.44. The Hall–Kier alpha value is -1.05. The molecule has 0 spiro atoms. The summed E-state index contributed by atoms with van der Waals surface area (Å²) in [6.07, 6.45) is 6.91. The summed E-state index contributed by atoms with van der Waals surface area (Å²) in [7, 11) is 0. The lowest BCUT2D eigenvalue weighted by molar-refractivity contribution is -0.149. The van der Waals surface area contributed by atoms with Crippen LogP contribution in [0.4, 0.5) is 0 Å². The number of nitrogens with one attached hydrogen (secondary N) is 1. The minimum atomic E-state index is -0.427. The van der Waals surface area contributed by atoms with E-state index in [2.05, 4.69) is 11.2 Å². The van der Waals surface area contributed by atoms with Crippen LogP contribution in [0.5, 0.6) is 0 Å². The fourth-order valence-electron chi connectivity index (χ4n) is 1.63. The van der Waals surface area contributed by atoms with Crippen LogP contribution < -0.4 is 5.32 Å². The summed E-state index contributed by atoms with van der Waals surface area (Å²) in [5, 5.41) is 2.96. The van der Waals surface area contributed by atoms with Crippen LogP contribution in [0.3, 0.4) is 0 Å². The molecule has 2 unspecified atom stereocenters. The highest BCUT2D eigenvalue weighted by atomic mass is 16.5. The first kappa shape index (κ1) is 12.0. The smallest absolute Gasteiger partial charge is 0.325 e. The molecule has 1 aliphatic rings. The first-order valence-corrected chi connectivity index (χ1v) is 5.24. The first-order valence-electron chi connectivity index (χ1n) is 5.24. The molecule has 0 aromatic carbocycles. The molecule has 4 heteroatoms. The van der Waals surface area contributed by atoms with Gasteiger partial charge in [-0.25, -0.2) is 0 Å². The predicted octanol–water partition coefficient (Wildman–Crippen LogP) is 0.320. The third kappa shape index (κ3) is 3.54. The molecule has 1 fully saturated rings. The Labute approximate surface area is 90.3 Å². The molecule has 15 heavy (non-hydrogen) atoms. The Balaban J connectivity index is 2.51. The highest BCUT2D eigenvalue weighted by molar-refractivity contribution is 5.76. The Morgan fingerprint density at radius 1 is 1.80 bits per heavy atom. The van der Waals surface area contributed by atoms with Crippen LogP contribution in [0.25, 0.3) is 0 Å². The van der Waals surface area contributed by atoms with E-state index in [4.69, 9.17) is 15.9 Å². The van der Waals surface area contributed by atoms with Crippen molar-refractivity contribution in [3.05, 3.63) is 0 Å². The zero-order chi connectivity index (χ0) is 11.1. The lowest BCUT2D eigenvalue weighted by Gasteiger charge is -2.21. The van der Waals surface area contributed by atoms with E-state index in [-0.39, 0.29) is 12.1 Å². The number of esters is 1. The van der Waals surface area contributed by atoms with Gasteiger partial charge in [0.15, 0.2) is 0 Å². The largest absolute Gasteiger partial charge is 0.465 e. The normalized spacial score (nSPS) is 22.0. The second-order valence-electron chi connectivity index (χ2n) is 3.37. The Morgan fingerprint density at radius 2 is 2.60 bits per heavy atom. The van der Waals surface area contributed by atoms with Crippen molar-refractivity contribution >= 4 is 5.97 Å². The molecule has 1 rings (SSSR count). The number of ether oxygens (including phenoxy) is 2. The molecule has 0 aromatic rings. The summed E-state index contributed by atoms with van der Waals surface area (Å²) in [5.41, 5.74) is 0. The van der Waals surface area contributed by atoms with E-state index >= 15 is 0 Å². The highest BCUT2D eigenvalue weighted by Crippen LogP contribution is 2.16. The van der Waals surface area contributed by atoms with Crippen LogP contribution in [-0.4, -0.2) is 37.9 Å². The fraction of sp³-hybridized carbons (Fsp3) is 0.727. The average Bonchev–Trinajstić information content (AvgIpc) is 2.72. The summed E-state index contributed by atoms with van der Waals surface area (Å²) in [4.78, 5) is 11.6. The van der Waals surface area contributed by atoms with Gasteiger partial charge < -0.3 is 9.47 Å². The molecule has 1 heterocycles. The van der Waals surface area contributed by atoms with Gasteiger partial charge in [0, 0.05) is 6.61 Å². The van der Waals surface area contributed by atoms with Crippen LogP contribution in [0, 0.1) is 12.3 Å².